The molecule has 0 saturated heterocycles. The fourth-order valence-corrected chi connectivity index (χ4v) is 3.36. The maximum atomic E-state index is 5.39. The average Bonchev–Trinajstić information content (AvgIpc) is 3.14. The summed E-state index contributed by atoms with van der Waals surface area (Å²) in [6, 6.07) is 0. The summed E-state index contributed by atoms with van der Waals surface area (Å²) in [6.45, 7) is 19.4. The number of nitrogens with zero attached hydrogens (tertiary/aromatic N) is 4. The zero-order chi connectivity index (χ0) is 19.0. The number of hydrogen-bond acceptors (Lipinski definition) is 6. The summed E-state index contributed by atoms with van der Waals surface area (Å²) in [5, 5.41) is 5.31. The minimum Gasteiger partial charge on any atom is -0.339 e. The lowest BCUT2D eigenvalue weighted by Crippen LogP contribution is -2.25. The van der Waals surface area contributed by atoms with Crippen molar-refractivity contribution in [3.63, 3.8) is 0 Å². The third kappa shape index (κ3) is 4.66. The Labute approximate surface area is 155 Å². The van der Waals surface area contributed by atoms with Crippen LogP contribution in [0.25, 0.3) is 0 Å². The lowest BCUT2D eigenvalue weighted by molar-refractivity contribution is 0.328. The van der Waals surface area contributed by atoms with Crippen molar-refractivity contribution in [2.75, 3.05) is 0 Å². The number of aromatic nitrogens is 4. The first-order valence-electron chi connectivity index (χ1n) is 9.02. The average molecular weight is 365 g/mol. The smallest absolute Gasteiger partial charge is 0.229 e. The van der Waals surface area contributed by atoms with Gasteiger partial charge in [0.1, 0.15) is 10.8 Å². The monoisotopic (exact) mass is 364 g/mol. The van der Waals surface area contributed by atoms with Crippen LogP contribution in [-0.4, -0.2) is 19.5 Å². The van der Waals surface area contributed by atoms with Crippen molar-refractivity contribution < 1.29 is 4.52 Å². The van der Waals surface area contributed by atoms with E-state index in [-0.39, 0.29) is 22.2 Å². The van der Waals surface area contributed by atoms with E-state index in [9.17, 15) is 0 Å². The minimum atomic E-state index is -0.133. The van der Waals surface area contributed by atoms with E-state index < -0.39 is 0 Å². The molecule has 0 aliphatic heterocycles. The molecule has 0 aromatic carbocycles. The molecule has 0 unspecified atom stereocenters. The molecule has 0 amide bonds. The molecule has 5 nitrogen and oxygen atoms in total. The van der Waals surface area contributed by atoms with Crippen molar-refractivity contribution in [1.82, 2.24) is 19.5 Å². The summed E-state index contributed by atoms with van der Waals surface area (Å²) in [7, 11) is 0. The van der Waals surface area contributed by atoms with Crippen molar-refractivity contribution >= 4 is 11.5 Å². The predicted octanol–water partition coefficient (Wildman–Crippen LogP) is 5.38. The van der Waals surface area contributed by atoms with E-state index in [2.05, 4.69) is 76.8 Å². The molecule has 0 aliphatic carbocycles. The van der Waals surface area contributed by atoms with E-state index >= 15 is 0 Å². The van der Waals surface area contributed by atoms with Crippen molar-refractivity contribution in [1.29, 1.82) is 0 Å². The van der Waals surface area contributed by atoms with Crippen LogP contribution in [0.15, 0.2) is 4.52 Å². The molecule has 0 radical (unpaired) electrons. The zero-order valence-electron chi connectivity index (χ0n) is 17.1. The summed E-state index contributed by atoms with van der Waals surface area (Å²) >= 11 is 1.53. The Morgan fingerprint density at radius 3 is 1.96 bits per heavy atom. The molecule has 140 valence electrons. The van der Waals surface area contributed by atoms with Gasteiger partial charge in [0.15, 0.2) is 5.82 Å². The van der Waals surface area contributed by atoms with Crippen molar-refractivity contribution in [2.24, 2.45) is 0 Å². The number of rotatable bonds is 6. The van der Waals surface area contributed by atoms with Crippen LogP contribution in [0.5, 0.6) is 0 Å². The maximum Gasteiger partial charge on any atom is 0.229 e. The highest BCUT2D eigenvalue weighted by Crippen LogP contribution is 2.36. The second kappa shape index (κ2) is 6.78. The Balaban J connectivity index is 2.10. The normalized spacial score (nSPS) is 13.7. The predicted molar refractivity (Wildman–Crippen MR) is 102 cm³/mol. The Morgan fingerprint density at radius 2 is 1.48 bits per heavy atom. The van der Waals surface area contributed by atoms with Crippen molar-refractivity contribution in [3.8, 4) is 0 Å². The highest BCUT2D eigenvalue weighted by molar-refractivity contribution is 7.05. The first kappa shape index (κ1) is 20.0. The van der Waals surface area contributed by atoms with Crippen LogP contribution >= 0.6 is 11.5 Å². The molecular formula is C19H32N4OS. The van der Waals surface area contributed by atoms with Crippen LogP contribution in [-0.2, 0) is 16.2 Å². The fourth-order valence-electron chi connectivity index (χ4n) is 2.39. The van der Waals surface area contributed by atoms with E-state index in [4.69, 9.17) is 9.51 Å². The first-order valence-corrected chi connectivity index (χ1v) is 9.79. The van der Waals surface area contributed by atoms with E-state index in [0.29, 0.717) is 5.89 Å². The summed E-state index contributed by atoms with van der Waals surface area (Å²) in [6.07, 6.45) is 1.95. The molecule has 0 saturated carbocycles. The molecule has 25 heavy (non-hydrogen) atoms. The quantitative estimate of drug-likeness (QED) is 0.688. The van der Waals surface area contributed by atoms with Crippen molar-refractivity contribution in [3.05, 3.63) is 22.5 Å². The Bertz CT molecular complexity index is 707. The van der Waals surface area contributed by atoms with Crippen molar-refractivity contribution in [2.45, 2.75) is 97.3 Å². The van der Waals surface area contributed by atoms with E-state index in [0.717, 1.165) is 29.5 Å². The van der Waals surface area contributed by atoms with Crippen LogP contribution in [0.4, 0.5) is 0 Å². The lowest BCUT2D eigenvalue weighted by atomic mass is 9.79. The summed E-state index contributed by atoms with van der Waals surface area (Å²) < 4.78 is 9.96. The van der Waals surface area contributed by atoms with E-state index in [1.165, 1.54) is 11.5 Å². The molecule has 2 aromatic heterocycles. The molecule has 2 aromatic rings. The molecule has 0 fully saturated rings. The fraction of sp³-hybridized carbons (Fsp3) is 0.789. The molecule has 0 spiro atoms. The Hall–Kier alpha value is -1.30. The first-order chi connectivity index (χ1) is 11.3. The second-order valence-corrected chi connectivity index (χ2v) is 10.3. The van der Waals surface area contributed by atoms with Crippen LogP contribution < -0.4 is 0 Å². The lowest BCUT2D eigenvalue weighted by Gasteiger charge is -2.27. The third-order valence-electron chi connectivity index (χ3n) is 4.59. The molecule has 0 aliphatic rings. The molecule has 0 atom stereocenters. The van der Waals surface area contributed by atoms with E-state index in [1.54, 1.807) is 0 Å². The van der Waals surface area contributed by atoms with Gasteiger partial charge < -0.3 is 4.52 Å². The largest absolute Gasteiger partial charge is 0.339 e. The molecule has 0 bridgehead atoms. The van der Waals surface area contributed by atoms with Gasteiger partial charge in [0, 0.05) is 22.2 Å². The van der Waals surface area contributed by atoms with Gasteiger partial charge in [-0.3, -0.25) is 0 Å². The van der Waals surface area contributed by atoms with Gasteiger partial charge >= 0.3 is 0 Å². The van der Waals surface area contributed by atoms with Gasteiger partial charge in [0.25, 0.3) is 0 Å². The summed E-state index contributed by atoms with van der Waals surface area (Å²) in [4.78, 5) is 9.40. The SMILES string of the molecule is CC(C)c1nc(C(C)(C)CCC(C)(C)c2nc(C(C)(C)C)ns2)no1. The van der Waals surface area contributed by atoms with Gasteiger partial charge in [0.05, 0.1) is 0 Å². The van der Waals surface area contributed by atoms with Crippen LogP contribution in [0.1, 0.15) is 104 Å². The van der Waals surface area contributed by atoms with Crippen LogP contribution in [0.2, 0.25) is 0 Å². The van der Waals surface area contributed by atoms with Gasteiger partial charge in [-0.25, -0.2) is 4.98 Å². The molecule has 2 heterocycles. The minimum absolute atomic E-state index is 0.0119. The molecule has 2 rings (SSSR count). The highest BCUT2D eigenvalue weighted by Gasteiger charge is 2.33. The Kier molecular flexibility index (Phi) is 5.43. The zero-order valence-corrected chi connectivity index (χ0v) is 17.9. The van der Waals surface area contributed by atoms with Crippen LogP contribution in [0.3, 0.4) is 0 Å². The van der Waals surface area contributed by atoms with Gasteiger partial charge in [-0.05, 0) is 24.4 Å². The highest BCUT2D eigenvalue weighted by atomic mass is 32.1. The summed E-state index contributed by atoms with van der Waals surface area (Å²) in [5.74, 6) is 2.69. The second-order valence-electron chi connectivity index (χ2n) is 9.55. The number of hydrogen-bond donors (Lipinski definition) is 0. The summed E-state index contributed by atoms with van der Waals surface area (Å²) in [5.41, 5.74) is -0.170. The topological polar surface area (TPSA) is 64.7 Å². The molecule has 0 N–H and O–H groups in total. The van der Waals surface area contributed by atoms with Gasteiger partial charge in [-0.15, -0.1) is 0 Å². The molecule has 6 heteroatoms. The van der Waals surface area contributed by atoms with Crippen LogP contribution in [0, 0.1) is 0 Å². The van der Waals surface area contributed by atoms with Gasteiger partial charge in [-0.2, -0.15) is 9.36 Å². The van der Waals surface area contributed by atoms with Gasteiger partial charge in [0.2, 0.25) is 5.89 Å². The molecular weight excluding hydrogens is 332 g/mol. The maximum absolute atomic E-state index is 5.39. The Morgan fingerprint density at radius 1 is 0.880 bits per heavy atom. The van der Waals surface area contributed by atoms with E-state index in [1.807, 2.05) is 0 Å². The standard InChI is InChI=1S/C19H32N4OS/c1-12(2)13-20-15(22-24-13)18(6,7)10-11-19(8,9)16-21-14(23-25-16)17(3,4)5/h12H,10-11H2,1-9H3. The third-order valence-corrected chi connectivity index (χ3v) is 5.67. The van der Waals surface area contributed by atoms with Gasteiger partial charge in [-0.1, -0.05) is 67.5 Å².